The highest BCUT2D eigenvalue weighted by Gasteiger charge is 2.27. The predicted molar refractivity (Wildman–Crippen MR) is 129 cm³/mol. The maximum Gasteiger partial charge on any atom is 0.274 e. The van der Waals surface area contributed by atoms with Gasteiger partial charge in [-0.2, -0.15) is 5.10 Å². The molecule has 0 N–H and O–H groups in total. The maximum atomic E-state index is 13.3. The van der Waals surface area contributed by atoms with Gasteiger partial charge in [0.25, 0.3) is 5.91 Å². The first-order valence-corrected chi connectivity index (χ1v) is 11.4. The molecule has 33 heavy (non-hydrogen) atoms. The molecule has 1 saturated heterocycles. The third kappa shape index (κ3) is 4.73. The van der Waals surface area contributed by atoms with Gasteiger partial charge in [-0.1, -0.05) is 30.3 Å². The molecular weight excluding hydrogens is 416 g/mol. The van der Waals surface area contributed by atoms with Gasteiger partial charge in [0, 0.05) is 50.4 Å². The molecule has 0 spiro atoms. The van der Waals surface area contributed by atoms with E-state index in [1.54, 1.807) is 14.2 Å². The number of rotatable bonds is 7. The van der Waals surface area contributed by atoms with Crippen molar-refractivity contribution in [2.75, 3.05) is 40.4 Å². The van der Waals surface area contributed by atoms with Gasteiger partial charge in [0.05, 0.1) is 19.9 Å². The lowest BCUT2D eigenvalue weighted by molar-refractivity contribution is 0.0576. The number of methoxy groups -OCH3 is 2. The second-order valence-electron chi connectivity index (χ2n) is 8.21. The smallest absolute Gasteiger partial charge is 0.274 e. The third-order valence-corrected chi connectivity index (χ3v) is 6.41. The van der Waals surface area contributed by atoms with Crippen molar-refractivity contribution in [1.82, 2.24) is 19.6 Å². The van der Waals surface area contributed by atoms with Gasteiger partial charge in [-0.15, -0.1) is 0 Å². The van der Waals surface area contributed by atoms with Crippen molar-refractivity contribution in [2.45, 2.75) is 26.4 Å². The van der Waals surface area contributed by atoms with Gasteiger partial charge in [0.2, 0.25) is 0 Å². The molecule has 7 heteroatoms. The summed E-state index contributed by atoms with van der Waals surface area (Å²) in [5.74, 6) is 1.38. The summed E-state index contributed by atoms with van der Waals surface area (Å²) in [4.78, 5) is 17.6. The summed E-state index contributed by atoms with van der Waals surface area (Å²) in [6, 6.07) is 18.4. The first kappa shape index (κ1) is 22.9. The monoisotopic (exact) mass is 448 g/mol. The quantitative estimate of drug-likeness (QED) is 0.545. The van der Waals surface area contributed by atoms with E-state index in [9.17, 15) is 4.79 Å². The van der Waals surface area contributed by atoms with E-state index < -0.39 is 0 Å². The summed E-state index contributed by atoms with van der Waals surface area (Å²) in [5.41, 5.74) is 3.51. The zero-order valence-electron chi connectivity index (χ0n) is 19.8. The van der Waals surface area contributed by atoms with Crippen LogP contribution in [0.3, 0.4) is 0 Å². The zero-order chi connectivity index (χ0) is 23.4. The number of carbonyl (C=O) groups excluding carboxylic acids is 1. The standard InChI is InChI=1S/C26H32N4O3/c1-5-30-24(22-12-11-21(32-3)17-25(22)33-4)18-23(27-30)26(31)29-15-13-28(14-16-29)19(2)20-9-7-6-8-10-20/h6-12,17-19H,5,13-16H2,1-4H3. The number of aromatic nitrogens is 2. The predicted octanol–water partition coefficient (Wildman–Crippen LogP) is 4.11. The number of amides is 1. The topological polar surface area (TPSA) is 59.8 Å². The molecule has 1 aromatic heterocycles. The SMILES string of the molecule is CCn1nc(C(=O)N2CCN(C(C)c3ccccc3)CC2)cc1-c1ccc(OC)cc1OC. The van der Waals surface area contributed by atoms with Crippen LogP contribution >= 0.6 is 0 Å². The van der Waals surface area contributed by atoms with Crippen molar-refractivity contribution in [3.63, 3.8) is 0 Å². The first-order chi connectivity index (χ1) is 16.0. The number of nitrogens with zero attached hydrogens (tertiary/aromatic N) is 4. The van der Waals surface area contributed by atoms with Crippen molar-refractivity contribution in [2.24, 2.45) is 0 Å². The average Bonchev–Trinajstić information content (AvgIpc) is 3.32. The van der Waals surface area contributed by atoms with E-state index in [0.29, 0.717) is 37.1 Å². The zero-order valence-corrected chi connectivity index (χ0v) is 19.8. The highest BCUT2D eigenvalue weighted by molar-refractivity contribution is 5.93. The molecule has 3 aromatic rings. The van der Waals surface area contributed by atoms with Crippen LogP contribution in [0.5, 0.6) is 11.5 Å². The molecule has 2 heterocycles. The first-order valence-electron chi connectivity index (χ1n) is 11.4. The minimum absolute atomic E-state index is 0.0251. The highest BCUT2D eigenvalue weighted by atomic mass is 16.5. The molecule has 2 aromatic carbocycles. The largest absolute Gasteiger partial charge is 0.497 e. The Labute approximate surface area is 195 Å². The van der Waals surface area contributed by atoms with Crippen LogP contribution in [-0.2, 0) is 6.54 Å². The number of hydrogen-bond donors (Lipinski definition) is 0. The number of benzene rings is 2. The number of aryl methyl sites for hydroxylation is 1. The van der Waals surface area contributed by atoms with E-state index >= 15 is 0 Å². The molecule has 7 nitrogen and oxygen atoms in total. The van der Waals surface area contributed by atoms with Gasteiger partial charge in [-0.3, -0.25) is 14.4 Å². The summed E-state index contributed by atoms with van der Waals surface area (Å²) >= 11 is 0. The van der Waals surface area contributed by atoms with E-state index in [-0.39, 0.29) is 5.91 Å². The van der Waals surface area contributed by atoms with Crippen LogP contribution in [-0.4, -0.2) is 65.9 Å². The summed E-state index contributed by atoms with van der Waals surface area (Å²) in [6.45, 7) is 7.96. The van der Waals surface area contributed by atoms with E-state index in [1.807, 2.05) is 46.8 Å². The van der Waals surface area contributed by atoms with Gasteiger partial charge in [-0.05, 0) is 37.6 Å². The second kappa shape index (κ2) is 10.1. The summed E-state index contributed by atoms with van der Waals surface area (Å²) in [7, 11) is 3.26. The second-order valence-corrected chi connectivity index (χ2v) is 8.21. The molecule has 4 rings (SSSR count). The Bertz CT molecular complexity index is 1090. The fraction of sp³-hybridized carbons (Fsp3) is 0.385. The van der Waals surface area contributed by atoms with E-state index in [4.69, 9.17) is 9.47 Å². The van der Waals surface area contributed by atoms with Crippen LogP contribution in [0.2, 0.25) is 0 Å². The maximum absolute atomic E-state index is 13.3. The molecule has 0 radical (unpaired) electrons. The molecule has 0 aliphatic carbocycles. The van der Waals surface area contributed by atoms with Crippen LogP contribution in [0.25, 0.3) is 11.3 Å². The highest BCUT2D eigenvalue weighted by Crippen LogP contribution is 2.34. The molecule has 1 aliphatic rings. The van der Waals surface area contributed by atoms with Gasteiger partial charge in [-0.25, -0.2) is 0 Å². The number of piperazine rings is 1. The molecule has 1 atom stereocenters. The van der Waals surface area contributed by atoms with E-state index in [2.05, 4.69) is 41.2 Å². The van der Waals surface area contributed by atoms with Crippen LogP contribution in [0.15, 0.2) is 54.6 Å². The Morgan fingerprint density at radius 2 is 1.73 bits per heavy atom. The normalized spacial score (nSPS) is 15.3. The van der Waals surface area contributed by atoms with Gasteiger partial charge < -0.3 is 14.4 Å². The van der Waals surface area contributed by atoms with Crippen LogP contribution in [0.4, 0.5) is 0 Å². The lowest BCUT2D eigenvalue weighted by Gasteiger charge is -2.38. The minimum Gasteiger partial charge on any atom is -0.497 e. The van der Waals surface area contributed by atoms with Crippen LogP contribution < -0.4 is 9.47 Å². The molecule has 174 valence electrons. The fourth-order valence-corrected chi connectivity index (χ4v) is 4.41. The molecule has 0 saturated carbocycles. The Morgan fingerprint density at radius 1 is 1.00 bits per heavy atom. The minimum atomic E-state index is -0.0251. The summed E-state index contributed by atoms with van der Waals surface area (Å²) < 4.78 is 12.7. The molecular formula is C26H32N4O3. The van der Waals surface area contributed by atoms with E-state index in [1.165, 1.54) is 5.56 Å². The average molecular weight is 449 g/mol. The van der Waals surface area contributed by atoms with Crippen molar-refractivity contribution in [1.29, 1.82) is 0 Å². The number of ether oxygens (including phenoxy) is 2. The molecule has 1 aliphatic heterocycles. The summed E-state index contributed by atoms with van der Waals surface area (Å²) in [5, 5.41) is 4.62. The van der Waals surface area contributed by atoms with Crippen molar-refractivity contribution in [3.05, 3.63) is 65.9 Å². The Hall–Kier alpha value is -3.32. The van der Waals surface area contributed by atoms with Crippen LogP contribution in [0.1, 0.15) is 35.9 Å². The van der Waals surface area contributed by atoms with Gasteiger partial charge >= 0.3 is 0 Å². The van der Waals surface area contributed by atoms with Gasteiger partial charge in [0.1, 0.15) is 11.5 Å². The molecule has 1 amide bonds. The Kier molecular flexibility index (Phi) is 6.99. The lowest BCUT2D eigenvalue weighted by atomic mass is 10.1. The molecule has 1 unspecified atom stereocenters. The Balaban J connectivity index is 1.49. The Morgan fingerprint density at radius 3 is 2.36 bits per heavy atom. The lowest BCUT2D eigenvalue weighted by Crippen LogP contribution is -2.49. The van der Waals surface area contributed by atoms with Crippen molar-refractivity contribution in [3.8, 4) is 22.8 Å². The van der Waals surface area contributed by atoms with Crippen molar-refractivity contribution < 1.29 is 14.3 Å². The molecule has 1 fully saturated rings. The fourth-order valence-electron chi connectivity index (χ4n) is 4.41. The van der Waals surface area contributed by atoms with E-state index in [0.717, 1.165) is 30.1 Å². The van der Waals surface area contributed by atoms with Crippen molar-refractivity contribution >= 4 is 5.91 Å². The number of hydrogen-bond acceptors (Lipinski definition) is 5. The third-order valence-electron chi connectivity index (χ3n) is 6.41. The van der Waals surface area contributed by atoms with Gasteiger partial charge in [0.15, 0.2) is 5.69 Å². The molecule has 0 bridgehead atoms. The summed E-state index contributed by atoms with van der Waals surface area (Å²) in [6.07, 6.45) is 0. The number of carbonyl (C=O) groups is 1. The van der Waals surface area contributed by atoms with Crippen LogP contribution in [0, 0.1) is 0 Å².